The number of phenolic OH excluding ortho intramolecular Hbond substituents is 1. The molecule has 0 radical (unpaired) electrons. The van der Waals surface area contributed by atoms with Crippen molar-refractivity contribution >= 4 is 5.65 Å². The van der Waals surface area contributed by atoms with Gasteiger partial charge in [-0.3, -0.25) is 0 Å². The molecule has 3 heterocycles. The summed E-state index contributed by atoms with van der Waals surface area (Å²) in [6.45, 7) is 0. The molecule has 0 amide bonds. The lowest BCUT2D eigenvalue weighted by molar-refractivity contribution is 0.415. The zero-order valence-electron chi connectivity index (χ0n) is 17.1. The molecular weight excluding hydrogens is 404 g/mol. The molecule has 3 aromatic carbocycles. The van der Waals surface area contributed by atoms with Crippen LogP contribution in [-0.2, 0) is 0 Å². The second kappa shape index (κ2) is 7.09. The van der Waals surface area contributed by atoms with Crippen molar-refractivity contribution in [3.63, 3.8) is 0 Å². The van der Waals surface area contributed by atoms with E-state index in [0.717, 1.165) is 28.0 Å². The molecule has 5 aromatic rings. The SMILES string of the molecule is COc1ccc(-c2nc3c4c(ncn3n2)Oc2cc(O)ccc2[C@H]4c2ccccc2)cc1. The fourth-order valence-corrected chi connectivity index (χ4v) is 4.16. The summed E-state index contributed by atoms with van der Waals surface area (Å²) in [6.07, 6.45) is 1.60. The van der Waals surface area contributed by atoms with Gasteiger partial charge in [0.05, 0.1) is 12.7 Å². The molecule has 6 rings (SSSR count). The number of rotatable bonds is 3. The van der Waals surface area contributed by atoms with Gasteiger partial charge in [0.25, 0.3) is 0 Å². The lowest BCUT2D eigenvalue weighted by atomic mass is 9.84. The summed E-state index contributed by atoms with van der Waals surface area (Å²) >= 11 is 0. The zero-order chi connectivity index (χ0) is 21.7. The first kappa shape index (κ1) is 18.4. The molecule has 7 nitrogen and oxygen atoms in total. The van der Waals surface area contributed by atoms with Crippen LogP contribution in [0.2, 0.25) is 0 Å². The van der Waals surface area contributed by atoms with Crippen LogP contribution in [0, 0.1) is 0 Å². The van der Waals surface area contributed by atoms with E-state index in [2.05, 4.69) is 22.2 Å². The molecule has 1 aliphatic rings. The highest BCUT2D eigenvalue weighted by Crippen LogP contribution is 2.48. The van der Waals surface area contributed by atoms with Crippen LogP contribution in [0.25, 0.3) is 17.0 Å². The maximum absolute atomic E-state index is 10.00. The maximum atomic E-state index is 10.00. The van der Waals surface area contributed by atoms with Crippen LogP contribution in [0.4, 0.5) is 0 Å². The van der Waals surface area contributed by atoms with Gasteiger partial charge in [-0.15, -0.1) is 5.10 Å². The molecule has 0 unspecified atom stereocenters. The van der Waals surface area contributed by atoms with E-state index in [0.29, 0.717) is 23.1 Å². The Bertz CT molecular complexity index is 1450. The van der Waals surface area contributed by atoms with E-state index in [4.69, 9.17) is 14.5 Å². The molecule has 0 saturated heterocycles. The molecule has 0 fully saturated rings. The molecule has 0 saturated carbocycles. The number of hydrogen-bond acceptors (Lipinski definition) is 6. The van der Waals surface area contributed by atoms with Crippen LogP contribution >= 0.6 is 0 Å². The predicted octanol–water partition coefficient (Wildman–Crippen LogP) is 4.79. The van der Waals surface area contributed by atoms with Crippen molar-refractivity contribution in [1.82, 2.24) is 19.6 Å². The van der Waals surface area contributed by atoms with E-state index < -0.39 is 0 Å². The van der Waals surface area contributed by atoms with Crippen LogP contribution < -0.4 is 9.47 Å². The molecule has 0 bridgehead atoms. The number of methoxy groups -OCH3 is 1. The number of fused-ring (bicyclic) bond motifs is 4. The van der Waals surface area contributed by atoms with Crippen molar-refractivity contribution in [2.75, 3.05) is 7.11 Å². The summed E-state index contributed by atoms with van der Waals surface area (Å²) in [5, 5.41) is 14.6. The number of phenols is 1. The Morgan fingerprint density at radius 2 is 1.81 bits per heavy atom. The highest BCUT2D eigenvalue weighted by atomic mass is 16.5. The van der Waals surface area contributed by atoms with E-state index in [9.17, 15) is 5.11 Å². The molecule has 0 aliphatic carbocycles. The fraction of sp³-hybridized carbons (Fsp3) is 0.0800. The summed E-state index contributed by atoms with van der Waals surface area (Å²) < 4.78 is 13.0. The number of aromatic nitrogens is 4. The van der Waals surface area contributed by atoms with E-state index in [1.165, 1.54) is 0 Å². The van der Waals surface area contributed by atoms with Gasteiger partial charge in [-0.2, -0.15) is 0 Å². The second-order valence-electron chi connectivity index (χ2n) is 7.56. The van der Waals surface area contributed by atoms with Crippen LogP contribution in [0.1, 0.15) is 22.6 Å². The zero-order valence-corrected chi connectivity index (χ0v) is 17.1. The van der Waals surface area contributed by atoms with Crippen molar-refractivity contribution < 1.29 is 14.6 Å². The first-order valence-electron chi connectivity index (χ1n) is 10.2. The van der Waals surface area contributed by atoms with Crippen molar-refractivity contribution in [1.29, 1.82) is 0 Å². The Kier molecular flexibility index (Phi) is 4.07. The van der Waals surface area contributed by atoms with Crippen molar-refractivity contribution in [3.8, 4) is 34.5 Å². The van der Waals surface area contributed by atoms with E-state index in [-0.39, 0.29) is 11.7 Å². The van der Waals surface area contributed by atoms with Crippen LogP contribution in [0.3, 0.4) is 0 Å². The smallest absolute Gasteiger partial charge is 0.228 e. The van der Waals surface area contributed by atoms with Crippen molar-refractivity contribution in [3.05, 3.63) is 95.8 Å². The number of nitrogens with zero attached hydrogens (tertiary/aromatic N) is 4. The molecule has 2 aromatic heterocycles. The summed E-state index contributed by atoms with van der Waals surface area (Å²) in [4.78, 5) is 9.38. The average Bonchev–Trinajstić information content (AvgIpc) is 3.28. The summed E-state index contributed by atoms with van der Waals surface area (Å²) in [6, 6.07) is 22.9. The Morgan fingerprint density at radius 3 is 2.59 bits per heavy atom. The lowest BCUT2D eigenvalue weighted by Crippen LogP contribution is -2.14. The van der Waals surface area contributed by atoms with E-state index >= 15 is 0 Å². The van der Waals surface area contributed by atoms with Gasteiger partial charge in [-0.1, -0.05) is 36.4 Å². The topological polar surface area (TPSA) is 81.8 Å². The Balaban J connectivity index is 1.57. The lowest BCUT2D eigenvalue weighted by Gasteiger charge is -2.27. The molecule has 1 atom stereocenters. The quantitative estimate of drug-likeness (QED) is 0.442. The van der Waals surface area contributed by atoms with Gasteiger partial charge in [0, 0.05) is 23.1 Å². The predicted molar refractivity (Wildman–Crippen MR) is 118 cm³/mol. The van der Waals surface area contributed by atoms with Gasteiger partial charge in [0.2, 0.25) is 5.88 Å². The van der Waals surface area contributed by atoms with Crippen molar-refractivity contribution in [2.24, 2.45) is 0 Å². The molecular formula is C25H18N4O3. The second-order valence-corrected chi connectivity index (χ2v) is 7.56. The first-order chi connectivity index (χ1) is 15.7. The number of aromatic hydroxyl groups is 1. The third-order valence-electron chi connectivity index (χ3n) is 5.67. The maximum Gasteiger partial charge on any atom is 0.228 e. The van der Waals surface area contributed by atoms with Gasteiger partial charge in [0.15, 0.2) is 11.5 Å². The van der Waals surface area contributed by atoms with Gasteiger partial charge < -0.3 is 14.6 Å². The summed E-state index contributed by atoms with van der Waals surface area (Å²) in [5.41, 5.74) is 4.40. The molecule has 32 heavy (non-hydrogen) atoms. The molecule has 156 valence electrons. The monoisotopic (exact) mass is 422 g/mol. The third-order valence-corrected chi connectivity index (χ3v) is 5.67. The summed E-state index contributed by atoms with van der Waals surface area (Å²) in [7, 11) is 1.64. The molecule has 0 spiro atoms. The minimum atomic E-state index is -0.167. The van der Waals surface area contributed by atoms with Gasteiger partial charge in [0.1, 0.15) is 23.6 Å². The minimum absolute atomic E-state index is 0.143. The van der Waals surface area contributed by atoms with E-state index in [1.54, 1.807) is 30.1 Å². The summed E-state index contributed by atoms with van der Waals surface area (Å²) in [5.74, 6) is 2.38. The third kappa shape index (κ3) is 2.86. The van der Waals surface area contributed by atoms with Crippen molar-refractivity contribution in [2.45, 2.75) is 5.92 Å². The minimum Gasteiger partial charge on any atom is -0.508 e. The van der Waals surface area contributed by atoms with Gasteiger partial charge in [-0.05, 0) is 35.9 Å². The number of hydrogen-bond donors (Lipinski definition) is 1. The molecule has 1 aliphatic heterocycles. The molecule has 7 heteroatoms. The van der Waals surface area contributed by atoms with Crippen LogP contribution in [-0.4, -0.2) is 31.8 Å². The standard InChI is InChI=1S/C25H18N4O3/c1-31-18-10-7-16(8-11-18)23-27-24-22-21(15-5-3-2-4-6-15)19-12-9-17(30)13-20(19)32-25(22)26-14-29(24)28-23/h2-14,21,30H,1H3/t21-/m1/s1. The Morgan fingerprint density at radius 1 is 1.00 bits per heavy atom. The average molecular weight is 422 g/mol. The Labute approximate surface area is 183 Å². The van der Waals surface area contributed by atoms with Gasteiger partial charge >= 0.3 is 0 Å². The normalized spacial score (nSPS) is 14.5. The number of ether oxygens (including phenoxy) is 2. The fourth-order valence-electron chi connectivity index (χ4n) is 4.16. The van der Waals surface area contributed by atoms with Crippen LogP contribution in [0.15, 0.2) is 79.1 Å². The molecule has 1 N–H and O–H groups in total. The van der Waals surface area contributed by atoms with Crippen LogP contribution in [0.5, 0.6) is 23.1 Å². The number of benzene rings is 3. The van der Waals surface area contributed by atoms with Gasteiger partial charge in [-0.25, -0.2) is 14.5 Å². The highest BCUT2D eigenvalue weighted by Gasteiger charge is 2.33. The highest BCUT2D eigenvalue weighted by molar-refractivity contribution is 5.68. The largest absolute Gasteiger partial charge is 0.508 e. The first-order valence-corrected chi connectivity index (χ1v) is 10.2. The Hall–Kier alpha value is -4.39. The van der Waals surface area contributed by atoms with E-state index in [1.807, 2.05) is 48.5 Å².